The van der Waals surface area contributed by atoms with Crippen molar-refractivity contribution in [3.8, 4) is 0 Å². The molecule has 1 saturated heterocycles. The summed E-state index contributed by atoms with van der Waals surface area (Å²) in [5.74, 6) is 0.984. The highest BCUT2D eigenvalue weighted by Gasteiger charge is 2.16. The van der Waals surface area contributed by atoms with Crippen molar-refractivity contribution in [1.29, 1.82) is 0 Å². The van der Waals surface area contributed by atoms with Crippen molar-refractivity contribution < 1.29 is 0 Å². The average Bonchev–Trinajstić information content (AvgIpc) is 2.91. The first-order chi connectivity index (χ1) is 10.3. The smallest absolute Gasteiger partial charge is 0.191 e. The molecule has 5 nitrogen and oxygen atoms in total. The van der Waals surface area contributed by atoms with E-state index in [9.17, 15) is 0 Å². The predicted molar refractivity (Wildman–Crippen MR) is 105 cm³/mol. The monoisotopic (exact) mass is 423 g/mol. The normalized spacial score (nSPS) is 22.2. The number of hydrogen-bond donors (Lipinski definition) is 2. The molecule has 1 saturated carbocycles. The maximum atomic E-state index is 4.33. The van der Waals surface area contributed by atoms with Crippen molar-refractivity contribution in [2.45, 2.75) is 44.6 Å². The summed E-state index contributed by atoms with van der Waals surface area (Å²) in [4.78, 5) is 9.37. The van der Waals surface area contributed by atoms with E-state index in [-0.39, 0.29) is 24.0 Å². The van der Waals surface area contributed by atoms with Gasteiger partial charge < -0.3 is 20.4 Å². The van der Waals surface area contributed by atoms with E-state index in [1.165, 1.54) is 71.2 Å². The number of nitrogens with zero attached hydrogens (tertiary/aromatic N) is 3. The molecule has 0 aromatic heterocycles. The SMILES string of the molecule is CN=C(NCCCN1CCCN(C)CC1)NC1CCCC1.I. The Morgan fingerprint density at radius 3 is 2.59 bits per heavy atom. The molecule has 130 valence electrons. The molecule has 1 aliphatic carbocycles. The summed E-state index contributed by atoms with van der Waals surface area (Å²) < 4.78 is 0. The van der Waals surface area contributed by atoms with Gasteiger partial charge in [-0.2, -0.15) is 0 Å². The Morgan fingerprint density at radius 1 is 1.09 bits per heavy atom. The molecule has 22 heavy (non-hydrogen) atoms. The molecule has 2 rings (SSSR count). The number of hydrogen-bond acceptors (Lipinski definition) is 3. The van der Waals surface area contributed by atoms with E-state index < -0.39 is 0 Å². The zero-order chi connectivity index (χ0) is 14.9. The van der Waals surface area contributed by atoms with Gasteiger partial charge in [0, 0.05) is 32.7 Å². The van der Waals surface area contributed by atoms with Gasteiger partial charge in [0.2, 0.25) is 0 Å². The van der Waals surface area contributed by atoms with E-state index in [0.29, 0.717) is 6.04 Å². The minimum absolute atomic E-state index is 0. The van der Waals surface area contributed by atoms with E-state index in [4.69, 9.17) is 0 Å². The molecule has 2 fully saturated rings. The van der Waals surface area contributed by atoms with Crippen LogP contribution in [-0.2, 0) is 0 Å². The number of nitrogens with one attached hydrogen (secondary N) is 2. The van der Waals surface area contributed by atoms with Crippen LogP contribution in [0.2, 0.25) is 0 Å². The number of guanidine groups is 1. The summed E-state index contributed by atoms with van der Waals surface area (Å²) in [5.41, 5.74) is 0. The molecule has 0 radical (unpaired) electrons. The molecule has 0 amide bonds. The summed E-state index contributed by atoms with van der Waals surface area (Å²) in [6.45, 7) is 7.12. The second-order valence-electron chi connectivity index (χ2n) is 6.48. The fourth-order valence-electron chi connectivity index (χ4n) is 3.29. The Bertz CT molecular complexity index is 318. The summed E-state index contributed by atoms with van der Waals surface area (Å²) in [5, 5.41) is 7.00. The van der Waals surface area contributed by atoms with Gasteiger partial charge in [-0.3, -0.25) is 4.99 Å². The van der Waals surface area contributed by atoms with Crippen LogP contribution in [0.1, 0.15) is 38.5 Å². The summed E-state index contributed by atoms with van der Waals surface area (Å²) in [6.07, 6.45) is 7.80. The van der Waals surface area contributed by atoms with Gasteiger partial charge in [0.1, 0.15) is 0 Å². The minimum Gasteiger partial charge on any atom is -0.356 e. The molecule has 2 N–H and O–H groups in total. The highest BCUT2D eigenvalue weighted by molar-refractivity contribution is 14.0. The lowest BCUT2D eigenvalue weighted by Gasteiger charge is -2.21. The van der Waals surface area contributed by atoms with Crippen molar-refractivity contribution in [2.24, 2.45) is 4.99 Å². The summed E-state index contributed by atoms with van der Waals surface area (Å²) in [6, 6.07) is 0.636. The van der Waals surface area contributed by atoms with Crippen LogP contribution in [0.25, 0.3) is 0 Å². The van der Waals surface area contributed by atoms with Crippen LogP contribution in [0.4, 0.5) is 0 Å². The quantitative estimate of drug-likeness (QED) is 0.306. The van der Waals surface area contributed by atoms with Gasteiger partial charge in [0.15, 0.2) is 5.96 Å². The van der Waals surface area contributed by atoms with Crippen LogP contribution in [-0.4, -0.2) is 75.2 Å². The van der Waals surface area contributed by atoms with Gasteiger partial charge in [-0.15, -0.1) is 24.0 Å². The standard InChI is InChI=1S/C16H33N5.HI/c1-17-16(19-15-7-3-4-8-15)18-9-5-11-21-12-6-10-20(2)13-14-21;/h15H,3-14H2,1-2H3,(H2,17,18,19);1H. The first-order valence-electron chi connectivity index (χ1n) is 8.66. The fourth-order valence-corrected chi connectivity index (χ4v) is 3.29. The third kappa shape index (κ3) is 7.46. The predicted octanol–water partition coefficient (Wildman–Crippen LogP) is 1.74. The maximum Gasteiger partial charge on any atom is 0.191 e. The third-order valence-corrected chi connectivity index (χ3v) is 4.68. The molecule has 2 aliphatic rings. The second-order valence-corrected chi connectivity index (χ2v) is 6.48. The first-order valence-corrected chi connectivity index (χ1v) is 8.66. The van der Waals surface area contributed by atoms with Crippen molar-refractivity contribution in [1.82, 2.24) is 20.4 Å². The molecule has 0 aromatic carbocycles. The molecule has 0 aromatic rings. The van der Waals surface area contributed by atoms with Crippen LogP contribution >= 0.6 is 24.0 Å². The van der Waals surface area contributed by atoms with Crippen LogP contribution in [0.5, 0.6) is 0 Å². The number of rotatable bonds is 5. The summed E-state index contributed by atoms with van der Waals surface area (Å²) in [7, 11) is 4.10. The van der Waals surface area contributed by atoms with E-state index in [2.05, 4.69) is 32.5 Å². The van der Waals surface area contributed by atoms with Crippen molar-refractivity contribution in [3.63, 3.8) is 0 Å². The average molecular weight is 423 g/mol. The second kappa shape index (κ2) is 11.5. The zero-order valence-electron chi connectivity index (χ0n) is 14.3. The lowest BCUT2D eigenvalue weighted by Crippen LogP contribution is -2.43. The molecule has 1 aliphatic heterocycles. The largest absolute Gasteiger partial charge is 0.356 e. The maximum absolute atomic E-state index is 4.33. The molecule has 0 unspecified atom stereocenters. The van der Waals surface area contributed by atoms with E-state index in [1.54, 1.807) is 0 Å². The molecule has 0 spiro atoms. The van der Waals surface area contributed by atoms with E-state index >= 15 is 0 Å². The Kier molecular flexibility index (Phi) is 10.4. The van der Waals surface area contributed by atoms with Gasteiger partial charge >= 0.3 is 0 Å². The zero-order valence-corrected chi connectivity index (χ0v) is 16.6. The van der Waals surface area contributed by atoms with Crippen LogP contribution in [0.15, 0.2) is 4.99 Å². The van der Waals surface area contributed by atoms with Gasteiger partial charge in [-0.05, 0) is 52.4 Å². The van der Waals surface area contributed by atoms with Gasteiger partial charge in [0.05, 0.1) is 0 Å². The van der Waals surface area contributed by atoms with Crippen molar-refractivity contribution in [3.05, 3.63) is 0 Å². The lowest BCUT2D eigenvalue weighted by atomic mass is 10.2. The highest BCUT2D eigenvalue weighted by Crippen LogP contribution is 2.17. The molecular weight excluding hydrogens is 389 g/mol. The van der Waals surface area contributed by atoms with Gasteiger partial charge in [0.25, 0.3) is 0 Å². The van der Waals surface area contributed by atoms with Crippen LogP contribution in [0, 0.1) is 0 Å². The molecule has 1 heterocycles. The molecular formula is C16H34IN5. The topological polar surface area (TPSA) is 42.9 Å². The first kappa shape index (κ1) is 20.0. The third-order valence-electron chi connectivity index (χ3n) is 4.68. The van der Waals surface area contributed by atoms with Crippen molar-refractivity contribution in [2.75, 3.05) is 53.4 Å². The Hall–Kier alpha value is -0.0800. The van der Waals surface area contributed by atoms with Crippen molar-refractivity contribution >= 4 is 29.9 Å². The highest BCUT2D eigenvalue weighted by atomic mass is 127. The molecule has 6 heteroatoms. The van der Waals surface area contributed by atoms with E-state index in [0.717, 1.165) is 12.5 Å². The lowest BCUT2D eigenvalue weighted by molar-refractivity contribution is 0.274. The summed E-state index contributed by atoms with van der Waals surface area (Å²) >= 11 is 0. The van der Waals surface area contributed by atoms with E-state index in [1.807, 2.05) is 7.05 Å². The number of likely N-dealkylation sites (N-methyl/N-ethyl adjacent to an activating group) is 1. The number of halogens is 1. The molecule has 0 bridgehead atoms. The number of aliphatic imine (C=N–C) groups is 1. The minimum atomic E-state index is 0. The van der Waals surface area contributed by atoms with Crippen LogP contribution in [0.3, 0.4) is 0 Å². The molecule has 0 atom stereocenters. The van der Waals surface area contributed by atoms with Crippen LogP contribution < -0.4 is 10.6 Å². The Balaban J connectivity index is 0.00000242. The fraction of sp³-hybridized carbons (Fsp3) is 0.938. The van der Waals surface area contributed by atoms with Gasteiger partial charge in [-0.1, -0.05) is 12.8 Å². The Morgan fingerprint density at radius 2 is 1.86 bits per heavy atom. The Labute approximate surface area is 153 Å². The van der Waals surface area contributed by atoms with Gasteiger partial charge in [-0.25, -0.2) is 0 Å².